The fourth-order valence-electron chi connectivity index (χ4n) is 3.29. The largest absolute Gasteiger partial charge is 0.419 e. The number of benzene rings is 2. The molecule has 3 rings (SSSR count). The summed E-state index contributed by atoms with van der Waals surface area (Å²) in [4.78, 5) is 36.6. The monoisotopic (exact) mass is 501 g/mol. The van der Waals surface area contributed by atoms with Crippen LogP contribution in [0.2, 0.25) is 0 Å². The van der Waals surface area contributed by atoms with Crippen molar-refractivity contribution >= 4 is 29.2 Å². The summed E-state index contributed by atoms with van der Waals surface area (Å²) in [6, 6.07) is 11.0. The van der Waals surface area contributed by atoms with Crippen LogP contribution in [0.4, 0.5) is 30.5 Å². The third-order valence-electron chi connectivity index (χ3n) is 5.02. The summed E-state index contributed by atoms with van der Waals surface area (Å²) in [5, 5.41) is 2.67. The molecule has 8 nitrogen and oxygen atoms in total. The molecule has 0 saturated carbocycles. The van der Waals surface area contributed by atoms with Gasteiger partial charge in [-0.15, -0.1) is 0 Å². The van der Waals surface area contributed by atoms with Gasteiger partial charge in [-0.3, -0.25) is 9.59 Å². The molecule has 1 aromatic heterocycles. The van der Waals surface area contributed by atoms with Crippen LogP contribution >= 0.6 is 0 Å². The second kappa shape index (κ2) is 10.6. The van der Waals surface area contributed by atoms with Crippen molar-refractivity contribution in [3.63, 3.8) is 0 Å². The van der Waals surface area contributed by atoms with Crippen LogP contribution in [0.15, 0.2) is 48.5 Å². The fourth-order valence-corrected chi connectivity index (χ4v) is 3.29. The molecular weight excluding hydrogens is 475 g/mol. The molecule has 190 valence electrons. The Balaban J connectivity index is 1.77. The number of ether oxygens (including phenoxy) is 1. The quantitative estimate of drug-likeness (QED) is 0.481. The van der Waals surface area contributed by atoms with E-state index in [9.17, 15) is 22.8 Å². The summed E-state index contributed by atoms with van der Waals surface area (Å²) in [7, 11) is 7.14. The van der Waals surface area contributed by atoms with Gasteiger partial charge in [0, 0.05) is 52.8 Å². The molecule has 0 bridgehead atoms. The minimum Gasteiger partial charge on any atom is -0.419 e. The maximum absolute atomic E-state index is 12.7. The van der Waals surface area contributed by atoms with E-state index in [1.807, 2.05) is 0 Å². The molecule has 36 heavy (non-hydrogen) atoms. The number of rotatable bonds is 7. The van der Waals surface area contributed by atoms with Crippen molar-refractivity contribution in [3.8, 4) is 5.75 Å². The standard InChI is InChI=1S/C25H26F3N5O3/c1-15(34)36-21-22(32(2)3)30-20(31-23(21)33(4)5)14-16-6-12-19(13-7-16)29-24(35)17-8-10-18(11-9-17)25(26,27)28/h6-13H,14H2,1-5H3,(H,29,35). The predicted molar refractivity (Wildman–Crippen MR) is 131 cm³/mol. The van der Waals surface area contributed by atoms with E-state index in [2.05, 4.69) is 15.3 Å². The van der Waals surface area contributed by atoms with Crippen LogP contribution in [-0.4, -0.2) is 50.0 Å². The van der Waals surface area contributed by atoms with Gasteiger partial charge in [0.2, 0.25) is 5.75 Å². The number of nitrogens with one attached hydrogen (secondary N) is 1. The Labute approximate surface area is 206 Å². The lowest BCUT2D eigenvalue weighted by Crippen LogP contribution is -2.21. The molecule has 0 aliphatic rings. The average molecular weight is 502 g/mol. The molecule has 11 heteroatoms. The summed E-state index contributed by atoms with van der Waals surface area (Å²) in [6.45, 7) is 1.31. The van der Waals surface area contributed by atoms with Crippen molar-refractivity contribution in [1.29, 1.82) is 0 Å². The van der Waals surface area contributed by atoms with Gasteiger partial charge in [0.15, 0.2) is 11.6 Å². The number of nitrogens with zero attached hydrogens (tertiary/aromatic N) is 4. The Morgan fingerprint density at radius 3 is 1.86 bits per heavy atom. The maximum Gasteiger partial charge on any atom is 0.416 e. The summed E-state index contributed by atoms with van der Waals surface area (Å²) in [5.74, 6) is 0.680. The number of amides is 1. The number of halogens is 3. The van der Waals surface area contributed by atoms with E-state index in [-0.39, 0.29) is 11.3 Å². The second-order valence-electron chi connectivity index (χ2n) is 8.40. The van der Waals surface area contributed by atoms with Crippen molar-refractivity contribution in [2.45, 2.75) is 19.5 Å². The first-order chi connectivity index (χ1) is 16.8. The van der Waals surface area contributed by atoms with Gasteiger partial charge in [-0.25, -0.2) is 9.97 Å². The highest BCUT2D eigenvalue weighted by Crippen LogP contribution is 2.34. The molecule has 0 saturated heterocycles. The first-order valence-electron chi connectivity index (χ1n) is 10.9. The summed E-state index contributed by atoms with van der Waals surface area (Å²) in [6.07, 6.45) is -4.09. The zero-order valence-corrected chi connectivity index (χ0v) is 20.5. The topological polar surface area (TPSA) is 87.7 Å². The first-order valence-corrected chi connectivity index (χ1v) is 10.9. The average Bonchev–Trinajstić information content (AvgIpc) is 2.80. The third kappa shape index (κ3) is 6.49. The number of anilines is 3. The lowest BCUT2D eigenvalue weighted by molar-refractivity contribution is -0.137. The van der Waals surface area contributed by atoms with Gasteiger partial charge >= 0.3 is 12.1 Å². The van der Waals surface area contributed by atoms with E-state index < -0.39 is 23.6 Å². The molecule has 0 radical (unpaired) electrons. The molecule has 0 fully saturated rings. The molecule has 0 unspecified atom stereocenters. The van der Waals surface area contributed by atoms with Gasteiger partial charge in [-0.05, 0) is 42.0 Å². The fraction of sp³-hybridized carbons (Fsp3) is 0.280. The van der Waals surface area contributed by atoms with Crippen molar-refractivity contribution in [2.75, 3.05) is 43.3 Å². The van der Waals surface area contributed by atoms with Crippen LogP contribution in [0.5, 0.6) is 5.75 Å². The van der Waals surface area contributed by atoms with Gasteiger partial charge in [0.1, 0.15) is 5.82 Å². The van der Waals surface area contributed by atoms with E-state index in [0.29, 0.717) is 29.6 Å². The molecule has 0 aliphatic heterocycles. The molecule has 1 amide bonds. The van der Waals surface area contributed by atoms with E-state index in [1.165, 1.54) is 6.92 Å². The zero-order chi connectivity index (χ0) is 26.6. The van der Waals surface area contributed by atoms with Gasteiger partial charge in [0.25, 0.3) is 5.91 Å². The van der Waals surface area contributed by atoms with Crippen LogP contribution in [0.3, 0.4) is 0 Å². The Kier molecular flexibility index (Phi) is 7.81. The van der Waals surface area contributed by atoms with Crippen LogP contribution in [0.25, 0.3) is 0 Å². The number of esters is 1. The highest BCUT2D eigenvalue weighted by atomic mass is 19.4. The molecule has 0 atom stereocenters. The smallest absolute Gasteiger partial charge is 0.416 e. The Bertz CT molecular complexity index is 1210. The summed E-state index contributed by atoms with van der Waals surface area (Å²) in [5.41, 5.74) is 0.636. The number of hydrogen-bond donors (Lipinski definition) is 1. The normalized spacial score (nSPS) is 11.1. The summed E-state index contributed by atoms with van der Waals surface area (Å²) < 4.78 is 43.5. The number of hydrogen-bond acceptors (Lipinski definition) is 7. The molecule has 0 spiro atoms. The maximum atomic E-state index is 12.7. The van der Waals surface area contributed by atoms with Crippen LogP contribution in [-0.2, 0) is 17.4 Å². The van der Waals surface area contributed by atoms with Crippen LogP contribution in [0.1, 0.15) is 34.2 Å². The Morgan fingerprint density at radius 2 is 1.42 bits per heavy atom. The molecule has 0 aliphatic carbocycles. The van der Waals surface area contributed by atoms with Gasteiger partial charge < -0.3 is 19.9 Å². The van der Waals surface area contributed by atoms with E-state index in [0.717, 1.165) is 29.8 Å². The molecule has 2 aromatic carbocycles. The third-order valence-corrected chi connectivity index (χ3v) is 5.02. The lowest BCUT2D eigenvalue weighted by atomic mass is 10.1. The molecule has 1 heterocycles. The molecular formula is C25H26F3N5O3. The summed E-state index contributed by atoms with van der Waals surface area (Å²) >= 11 is 0. The predicted octanol–water partition coefficient (Wildman–Crippen LogP) is 4.40. The van der Waals surface area contributed by atoms with E-state index in [4.69, 9.17) is 4.74 Å². The number of alkyl halides is 3. The SMILES string of the molecule is CC(=O)Oc1c(N(C)C)nc(Cc2ccc(NC(=O)c3ccc(C(F)(F)F)cc3)cc2)nc1N(C)C. The first kappa shape index (κ1) is 26.5. The van der Waals surface area contributed by atoms with Crippen LogP contribution < -0.4 is 19.9 Å². The van der Waals surface area contributed by atoms with Crippen molar-refractivity contribution in [3.05, 3.63) is 71.0 Å². The number of aromatic nitrogens is 2. The molecule has 1 N–H and O–H groups in total. The number of carbonyl (C=O) groups is 2. The Morgan fingerprint density at radius 1 is 0.889 bits per heavy atom. The van der Waals surface area contributed by atoms with Crippen molar-refractivity contribution < 1.29 is 27.5 Å². The highest BCUT2D eigenvalue weighted by Gasteiger charge is 2.30. The van der Waals surface area contributed by atoms with Crippen molar-refractivity contribution in [2.24, 2.45) is 0 Å². The minimum absolute atomic E-state index is 0.112. The minimum atomic E-state index is -4.46. The number of carbonyl (C=O) groups excluding carboxylic acids is 2. The van der Waals surface area contributed by atoms with E-state index in [1.54, 1.807) is 62.3 Å². The second-order valence-corrected chi connectivity index (χ2v) is 8.40. The van der Waals surface area contributed by atoms with Crippen LogP contribution in [0, 0.1) is 0 Å². The van der Waals surface area contributed by atoms with Gasteiger partial charge in [0.05, 0.1) is 5.56 Å². The lowest BCUT2D eigenvalue weighted by Gasteiger charge is -2.22. The van der Waals surface area contributed by atoms with E-state index >= 15 is 0 Å². The van der Waals surface area contributed by atoms with Crippen molar-refractivity contribution in [1.82, 2.24) is 9.97 Å². The van der Waals surface area contributed by atoms with Gasteiger partial charge in [-0.2, -0.15) is 13.2 Å². The highest BCUT2D eigenvalue weighted by molar-refractivity contribution is 6.04. The molecule has 3 aromatic rings. The Hall–Kier alpha value is -4.15. The zero-order valence-electron chi connectivity index (χ0n) is 20.5. The van der Waals surface area contributed by atoms with Gasteiger partial charge in [-0.1, -0.05) is 12.1 Å².